The quantitative estimate of drug-likeness (QED) is 0.400. The first-order chi connectivity index (χ1) is 2.50. The van der Waals surface area contributed by atoms with Gasteiger partial charge in [-0.1, -0.05) is 0 Å². The molecule has 0 aromatic rings. The van der Waals surface area contributed by atoms with Crippen molar-refractivity contribution in [3.05, 3.63) is 13.2 Å². The molecule has 0 aliphatic carbocycles. The van der Waals surface area contributed by atoms with Crippen LogP contribution in [-0.2, 0) is 0 Å². The van der Waals surface area contributed by atoms with Crippen molar-refractivity contribution < 1.29 is 0 Å². The Hall–Kier alpha value is -0.0800. The standard InChI is InChI=1S/C3H6N2/c1-2-5-3-4-1/h1,3-5H,2H2. The average molecular weight is 70.1 g/mol. The molecule has 1 aliphatic rings. The Kier molecular flexibility index (Phi) is 0.862. The number of hydrogen-bond donors (Lipinski definition) is 2. The van der Waals surface area contributed by atoms with E-state index in [1.54, 1.807) is 6.67 Å². The van der Waals surface area contributed by atoms with Gasteiger partial charge in [0.25, 0.3) is 0 Å². The number of hydrogen-bond acceptors (Lipinski definition) is 2. The third-order valence-corrected chi connectivity index (χ3v) is 0.523. The molecule has 1 heterocycles. The van der Waals surface area contributed by atoms with Crippen LogP contribution >= 0.6 is 0 Å². The van der Waals surface area contributed by atoms with Crippen LogP contribution in [0.3, 0.4) is 0 Å². The Labute approximate surface area is 31.6 Å². The lowest BCUT2D eigenvalue weighted by Gasteiger charge is -1.75. The van der Waals surface area contributed by atoms with Gasteiger partial charge in [0.05, 0.1) is 6.67 Å². The van der Waals surface area contributed by atoms with E-state index < -0.39 is 0 Å². The fraction of sp³-hybridized carbons (Fsp3) is 0.333. The van der Waals surface area contributed by atoms with Crippen LogP contribution in [0.1, 0.15) is 0 Å². The normalized spacial score (nSPS) is 24.0. The Morgan fingerprint density at radius 3 is 2.80 bits per heavy atom. The molecule has 0 saturated carbocycles. The first-order valence-corrected chi connectivity index (χ1v) is 1.63. The molecule has 2 N–H and O–H groups in total. The van der Waals surface area contributed by atoms with Crippen LogP contribution in [0, 0.1) is 13.2 Å². The Balaban J connectivity index is 2.08. The Morgan fingerprint density at radius 1 is 1.60 bits per heavy atom. The molecule has 0 spiro atoms. The molecule has 0 atom stereocenters. The van der Waals surface area contributed by atoms with E-state index >= 15 is 0 Å². The van der Waals surface area contributed by atoms with Gasteiger partial charge < -0.3 is 0 Å². The second kappa shape index (κ2) is 1.38. The van der Waals surface area contributed by atoms with Gasteiger partial charge in [0.15, 0.2) is 0 Å². The summed E-state index contributed by atoms with van der Waals surface area (Å²) in [5, 5.41) is 5.79. The van der Waals surface area contributed by atoms with Crippen molar-refractivity contribution in [1.29, 1.82) is 0 Å². The van der Waals surface area contributed by atoms with Gasteiger partial charge in [-0.2, -0.15) is 0 Å². The van der Waals surface area contributed by atoms with Crippen LogP contribution in [-0.4, -0.2) is 6.54 Å². The summed E-state index contributed by atoms with van der Waals surface area (Å²) in [5.41, 5.74) is 0. The lowest BCUT2D eigenvalue weighted by atomic mass is 10.7. The minimum Gasteiger partial charge on any atom is -0.298 e. The summed E-state index contributed by atoms with van der Waals surface area (Å²) in [6.07, 6.45) is 0. The summed E-state index contributed by atoms with van der Waals surface area (Å²) in [4.78, 5) is 0. The van der Waals surface area contributed by atoms with E-state index in [0.717, 1.165) is 6.54 Å². The van der Waals surface area contributed by atoms with Crippen molar-refractivity contribution in [3.8, 4) is 0 Å². The van der Waals surface area contributed by atoms with Crippen molar-refractivity contribution in [3.63, 3.8) is 0 Å². The summed E-state index contributed by atoms with van der Waals surface area (Å²) in [6.45, 7) is 4.71. The average Bonchev–Trinajstić information content (AvgIpc) is 1.76. The third kappa shape index (κ3) is 0.597. The largest absolute Gasteiger partial charge is 0.298 e. The molecule has 0 unspecified atom stereocenters. The van der Waals surface area contributed by atoms with Crippen molar-refractivity contribution >= 4 is 0 Å². The molecular weight excluding hydrogens is 64.0 g/mol. The maximum atomic E-state index is 2.93. The molecular formula is C3H6N2. The van der Waals surface area contributed by atoms with E-state index in [1.807, 2.05) is 6.54 Å². The highest BCUT2D eigenvalue weighted by molar-refractivity contribution is 4.79. The maximum absolute atomic E-state index is 2.93. The van der Waals surface area contributed by atoms with Crippen molar-refractivity contribution in [1.82, 2.24) is 10.6 Å². The van der Waals surface area contributed by atoms with Gasteiger partial charge in [-0.25, -0.2) is 0 Å². The van der Waals surface area contributed by atoms with Gasteiger partial charge in [-0.3, -0.25) is 10.6 Å². The molecule has 1 rings (SSSR count). The van der Waals surface area contributed by atoms with Crippen molar-refractivity contribution in [2.24, 2.45) is 0 Å². The highest BCUT2D eigenvalue weighted by Gasteiger charge is 1.92. The van der Waals surface area contributed by atoms with Gasteiger partial charge in [0, 0.05) is 13.1 Å². The lowest BCUT2D eigenvalue weighted by Crippen LogP contribution is -2.01. The van der Waals surface area contributed by atoms with Crippen molar-refractivity contribution in [2.45, 2.75) is 0 Å². The molecule has 0 amide bonds. The Bertz CT molecular complexity index is 16.5. The fourth-order valence-electron chi connectivity index (χ4n) is 0.295. The van der Waals surface area contributed by atoms with E-state index in [0.29, 0.717) is 0 Å². The third-order valence-electron chi connectivity index (χ3n) is 0.523. The summed E-state index contributed by atoms with van der Waals surface area (Å²) >= 11 is 0. The topological polar surface area (TPSA) is 24.1 Å². The first kappa shape index (κ1) is 3.12. The van der Waals surface area contributed by atoms with E-state index in [2.05, 4.69) is 10.6 Å². The zero-order chi connectivity index (χ0) is 3.54. The van der Waals surface area contributed by atoms with Crippen LogP contribution in [0.5, 0.6) is 0 Å². The van der Waals surface area contributed by atoms with Crippen molar-refractivity contribution in [2.75, 3.05) is 6.54 Å². The number of rotatable bonds is 0. The Morgan fingerprint density at radius 2 is 2.60 bits per heavy atom. The van der Waals surface area contributed by atoms with Crippen LogP contribution in [0.15, 0.2) is 0 Å². The molecule has 1 fully saturated rings. The predicted molar refractivity (Wildman–Crippen MR) is 19.7 cm³/mol. The minimum absolute atomic E-state index is 0.958. The zero-order valence-electron chi connectivity index (χ0n) is 2.86. The minimum atomic E-state index is 0.958. The fourth-order valence-corrected chi connectivity index (χ4v) is 0.295. The SMILES string of the molecule is [CH]1CN[CH]N1. The molecule has 2 heteroatoms. The molecule has 0 aromatic heterocycles. The lowest BCUT2D eigenvalue weighted by molar-refractivity contribution is 0.946. The number of nitrogens with one attached hydrogen (secondary N) is 2. The summed E-state index contributed by atoms with van der Waals surface area (Å²) in [5.74, 6) is 0. The van der Waals surface area contributed by atoms with Gasteiger partial charge in [0.2, 0.25) is 0 Å². The van der Waals surface area contributed by atoms with Crippen LogP contribution < -0.4 is 10.6 Å². The summed E-state index contributed by atoms with van der Waals surface area (Å²) < 4.78 is 0. The van der Waals surface area contributed by atoms with E-state index in [9.17, 15) is 0 Å². The van der Waals surface area contributed by atoms with Gasteiger partial charge >= 0.3 is 0 Å². The van der Waals surface area contributed by atoms with E-state index in [-0.39, 0.29) is 0 Å². The molecule has 1 saturated heterocycles. The van der Waals surface area contributed by atoms with E-state index in [1.165, 1.54) is 0 Å². The first-order valence-electron chi connectivity index (χ1n) is 1.63. The molecule has 28 valence electrons. The van der Waals surface area contributed by atoms with Crippen LogP contribution in [0.2, 0.25) is 0 Å². The maximum Gasteiger partial charge on any atom is 0.0870 e. The molecule has 2 nitrogen and oxygen atoms in total. The summed E-state index contributed by atoms with van der Waals surface area (Å²) in [7, 11) is 0. The predicted octanol–water partition coefficient (Wildman–Crippen LogP) is -0.540. The van der Waals surface area contributed by atoms with Crippen LogP contribution in [0.25, 0.3) is 0 Å². The zero-order valence-corrected chi connectivity index (χ0v) is 2.86. The second-order valence-corrected chi connectivity index (χ2v) is 0.923. The molecule has 1 aliphatic heterocycles. The van der Waals surface area contributed by atoms with Crippen LogP contribution in [0.4, 0.5) is 0 Å². The monoisotopic (exact) mass is 70.1 g/mol. The molecule has 5 heavy (non-hydrogen) atoms. The van der Waals surface area contributed by atoms with Gasteiger partial charge in [-0.05, 0) is 0 Å². The van der Waals surface area contributed by atoms with Gasteiger partial charge in [0.1, 0.15) is 0 Å². The summed E-state index contributed by atoms with van der Waals surface area (Å²) in [6, 6.07) is 0. The molecule has 2 radical (unpaired) electrons. The molecule has 0 aromatic carbocycles. The second-order valence-electron chi connectivity index (χ2n) is 0.923. The highest BCUT2D eigenvalue weighted by Crippen LogP contribution is 1.75. The van der Waals surface area contributed by atoms with Gasteiger partial charge in [-0.15, -0.1) is 0 Å². The highest BCUT2D eigenvalue weighted by atomic mass is 15.1. The van der Waals surface area contributed by atoms with E-state index in [4.69, 9.17) is 0 Å². The molecule has 0 bridgehead atoms. The smallest absolute Gasteiger partial charge is 0.0870 e.